The van der Waals surface area contributed by atoms with Gasteiger partial charge in [-0.05, 0) is 18.6 Å². The van der Waals surface area contributed by atoms with Crippen LogP contribution in [0, 0.1) is 18.8 Å². The molecule has 0 atom stereocenters. The Kier molecular flexibility index (Phi) is 3.24. The number of aliphatic hydroxyl groups is 1. The highest BCUT2D eigenvalue weighted by molar-refractivity contribution is 5.75. The molecule has 0 aliphatic carbocycles. The van der Waals surface area contributed by atoms with Crippen molar-refractivity contribution in [2.45, 2.75) is 6.92 Å². The van der Waals surface area contributed by atoms with E-state index in [0.29, 0.717) is 5.56 Å². The van der Waals surface area contributed by atoms with E-state index in [9.17, 15) is 4.79 Å². The predicted octanol–water partition coefficient (Wildman–Crippen LogP) is 1.15. The van der Waals surface area contributed by atoms with Crippen LogP contribution < -0.4 is 0 Å². The minimum absolute atomic E-state index is 0.162. The molecule has 66 valence electrons. The van der Waals surface area contributed by atoms with Gasteiger partial charge in [-0.25, -0.2) is 0 Å². The van der Waals surface area contributed by atoms with Gasteiger partial charge in [-0.1, -0.05) is 24.0 Å². The molecular weight excluding hydrogens is 164 g/mol. The lowest BCUT2D eigenvalue weighted by Gasteiger charge is -1.97. The third-order valence-electron chi connectivity index (χ3n) is 1.70. The summed E-state index contributed by atoms with van der Waals surface area (Å²) in [5.74, 6) is 5.32. The van der Waals surface area contributed by atoms with E-state index in [2.05, 4.69) is 11.8 Å². The second-order valence-electron chi connectivity index (χ2n) is 2.65. The van der Waals surface area contributed by atoms with Crippen molar-refractivity contribution in [3.63, 3.8) is 0 Å². The molecule has 2 nitrogen and oxygen atoms in total. The molecule has 0 bridgehead atoms. The Morgan fingerprint density at radius 2 is 2.31 bits per heavy atom. The van der Waals surface area contributed by atoms with Gasteiger partial charge in [-0.3, -0.25) is 4.79 Å². The Morgan fingerprint density at radius 3 is 2.92 bits per heavy atom. The molecule has 0 amide bonds. The maximum atomic E-state index is 10.4. The zero-order chi connectivity index (χ0) is 9.68. The van der Waals surface area contributed by atoms with Crippen molar-refractivity contribution >= 4 is 6.29 Å². The number of rotatable bonds is 1. The van der Waals surface area contributed by atoms with Crippen LogP contribution in [0.2, 0.25) is 0 Å². The van der Waals surface area contributed by atoms with Crippen molar-refractivity contribution in [2.75, 3.05) is 6.61 Å². The molecule has 0 aromatic heterocycles. The van der Waals surface area contributed by atoms with Crippen LogP contribution >= 0.6 is 0 Å². The molecule has 0 radical (unpaired) electrons. The summed E-state index contributed by atoms with van der Waals surface area (Å²) < 4.78 is 0. The van der Waals surface area contributed by atoms with E-state index in [4.69, 9.17) is 5.11 Å². The highest BCUT2D eigenvalue weighted by Crippen LogP contribution is 2.08. The van der Waals surface area contributed by atoms with Gasteiger partial charge < -0.3 is 5.11 Å². The predicted molar refractivity (Wildman–Crippen MR) is 50.5 cm³/mol. The van der Waals surface area contributed by atoms with Crippen molar-refractivity contribution in [1.29, 1.82) is 0 Å². The third kappa shape index (κ3) is 2.43. The topological polar surface area (TPSA) is 37.3 Å². The number of carbonyl (C=O) groups is 1. The van der Waals surface area contributed by atoms with Gasteiger partial charge in [0.05, 0.1) is 0 Å². The Hall–Kier alpha value is -1.59. The fraction of sp³-hybridized carbons (Fsp3) is 0.182. The minimum atomic E-state index is -0.162. The summed E-state index contributed by atoms with van der Waals surface area (Å²) in [6.07, 6.45) is 0.781. The molecule has 0 aliphatic rings. The van der Waals surface area contributed by atoms with Crippen molar-refractivity contribution in [1.82, 2.24) is 0 Å². The van der Waals surface area contributed by atoms with Gasteiger partial charge in [0.25, 0.3) is 0 Å². The van der Waals surface area contributed by atoms with Gasteiger partial charge in [0, 0.05) is 11.1 Å². The van der Waals surface area contributed by atoms with Crippen LogP contribution in [0.25, 0.3) is 0 Å². The summed E-state index contributed by atoms with van der Waals surface area (Å²) in [6, 6.07) is 5.29. The van der Waals surface area contributed by atoms with Crippen LogP contribution in [0.1, 0.15) is 21.5 Å². The average molecular weight is 174 g/mol. The largest absolute Gasteiger partial charge is 0.384 e. The monoisotopic (exact) mass is 174 g/mol. The SMILES string of the molecule is Cc1ccc(C=O)cc1C#CCO. The number of carbonyl (C=O) groups excluding carboxylic acids is 1. The van der Waals surface area contributed by atoms with Crippen LogP contribution in [-0.2, 0) is 0 Å². The van der Waals surface area contributed by atoms with Crippen LogP contribution in [0.5, 0.6) is 0 Å². The van der Waals surface area contributed by atoms with Crippen molar-refractivity contribution in [3.8, 4) is 11.8 Å². The molecule has 1 aromatic carbocycles. The first-order chi connectivity index (χ1) is 6.27. The second kappa shape index (κ2) is 4.44. The summed E-state index contributed by atoms with van der Waals surface area (Å²) in [6.45, 7) is 1.75. The molecule has 0 fully saturated rings. The van der Waals surface area contributed by atoms with Gasteiger partial charge in [0.15, 0.2) is 0 Å². The molecule has 13 heavy (non-hydrogen) atoms. The normalized spacial score (nSPS) is 8.77. The van der Waals surface area contributed by atoms with Gasteiger partial charge in [-0.15, -0.1) is 0 Å². The van der Waals surface area contributed by atoms with Crippen LogP contribution in [-0.4, -0.2) is 18.0 Å². The number of aldehydes is 1. The van der Waals surface area contributed by atoms with E-state index in [0.717, 1.165) is 17.4 Å². The molecule has 0 saturated carbocycles. The van der Waals surface area contributed by atoms with Crippen LogP contribution in [0.4, 0.5) is 0 Å². The zero-order valence-electron chi connectivity index (χ0n) is 7.37. The summed E-state index contributed by atoms with van der Waals surface area (Å²) in [7, 11) is 0. The van der Waals surface area contributed by atoms with Gasteiger partial charge >= 0.3 is 0 Å². The maximum Gasteiger partial charge on any atom is 0.150 e. The molecule has 0 aliphatic heterocycles. The minimum Gasteiger partial charge on any atom is -0.384 e. The molecule has 1 aromatic rings. The molecule has 0 unspecified atom stereocenters. The Balaban J connectivity index is 3.11. The van der Waals surface area contributed by atoms with Gasteiger partial charge in [-0.2, -0.15) is 0 Å². The van der Waals surface area contributed by atoms with E-state index < -0.39 is 0 Å². The van der Waals surface area contributed by atoms with E-state index >= 15 is 0 Å². The number of hydrogen-bond donors (Lipinski definition) is 1. The molecule has 1 N–H and O–H groups in total. The smallest absolute Gasteiger partial charge is 0.150 e. The Labute approximate surface area is 77.2 Å². The third-order valence-corrected chi connectivity index (χ3v) is 1.70. The molecule has 0 heterocycles. The molecular formula is C11H10O2. The lowest BCUT2D eigenvalue weighted by Crippen LogP contribution is -1.86. The number of hydrogen-bond acceptors (Lipinski definition) is 2. The standard InChI is InChI=1S/C11H10O2/c1-9-4-5-10(8-13)7-11(9)3-2-6-12/h4-5,7-8,12H,6H2,1H3. The highest BCUT2D eigenvalue weighted by atomic mass is 16.2. The fourth-order valence-electron chi connectivity index (χ4n) is 0.982. The van der Waals surface area contributed by atoms with Gasteiger partial charge in [0.1, 0.15) is 12.9 Å². The van der Waals surface area contributed by atoms with E-state index in [1.165, 1.54) is 0 Å². The van der Waals surface area contributed by atoms with E-state index in [1.807, 2.05) is 13.0 Å². The fourth-order valence-corrected chi connectivity index (χ4v) is 0.982. The maximum absolute atomic E-state index is 10.4. The quantitative estimate of drug-likeness (QED) is 0.512. The summed E-state index contributed by atoms with van der Waals surface area (Å²) in [5, 5.41) is 8.50. The molecule has 2 heteroatoms. The molecule has 1 rings (SSSR count). The van der Waals surface area contributed by atoms with Crippen molar-refractivity contribution in [2.24, 2.45) is 0 Å². The first-order valence-corrected chi connectivity index (χ1v) is 3.93. The lowest BCUT2D eigenvalue weighted by atomic mass is 10.1. The number of aliphatic hydroxyl groups excluding tert-OH is 1. The Bertz CT molecular complexity index is 369. The van der Waals surface area contributed by atoms with E-state index in [1.54, 1.807) is 12.1 Å². The molecule has 0 saturated heterocycles. The molecule has 0 spiro atoms. The van der Waals surface area contributed by atoms with E-state index in [-0.39, 0.29) is 6.61 Å². The highest BCUT2D eigenvalue weighted by Gasteiger charge is 1.95. The van der Waals surface area contributed by atoms with Gasteiger partial charge in [0.2, 0.25) is 0 Å². The summed E-state index contributed by atoms with van der Waals surface area (Å²) in [4.78, 5) is 10.4. The Morgan fingerprint density at radius 1 is 1.54 bits per heavy atom. The second-order valence-corrected chi connectivity index (χ2v) is 2.65. The summed E-state index contributed by atoms with van der Waals surface area (Å²) >= 11 is 0. The summed E-state index contributed by atoms with van der Waals surface area (Å²) in [5.41, 5.74) is 2.40. The first-order valence-electron chi connectivity index (χ1n) is 3.93. The lowest BCUT2D eigenvalue weighted by molar-refractivity contribution is 0.112. The number of benzene rings is 1. The number of aryl methyl sites for hydroxylation is 1. The van der Waals surface area contributed by atoms with Crippen molar-refractivity contribution in [3.05, 3.63) is 34.9 Å². The average Bonchev–Trinajstić information content (AvgIpc) is 2.17. The van der Waals surface area contributed by atoms with Crippen LogP contribution in [0.15, 0.2) is 18.2 Å². The first kappa shape index (κ1) is 9.50. The zero-order valence-corrected chi connectivity index (χ0v) is 7.37. The van der Waals surface area contributed by atoms with Crippen LogP contribution in [0.3, 0.4) is 0 Å². The van der Waals surface area contributed by atoms with Crippen molar-refractivity contribution < 1.29 is 9.90 Å².